The third kappa shape index (κ3) is 9.78. The molecule has 0 spiro atoms. The molecule has 0 aliphatic heterocycles. The van der Waals surface area contributed by atoms with Crippen LogP contribution in [0.15, 0.2) is 0 Å². The highest BCUT2D eigenvalue weighted by Crippen LogP contribution is 2.09. The number of ketones is 1. The maximum absolute atomic E-state index is 12.3. The number of nitrogens with one attached hydrogen (secondary N) is 1. The molecule has 0 saturated heterocycles. The number of rotatable bonds is 6. The first-order chi connectivity index (χ1) is 9.71. The zero-order valence-electron chi connectivity index (χ0n) is 14.8. The van der Waals surface area contributed by atoms with Crippen LogP contribution in [-0.4, -0.2) is 57.8 Å². The van der Waals surface area contributed by atoms with E-state index < -0.39 is 39.1 Å². The van der Waals surface area contributed by atoms with Gasteiger partial charge in [0, 0.05) is 17.9 Å². The summed E-state index contributed by atoms with van der Waals surface area (Å²) >= 11 is 0. The number of alkyl carbamates (subject to hydrolysis) is 1. The lowest BCUT2D eigenvalue weighted by Crippen LogP contribution is -2.51. The van der Waals surface area contributed by atoms with Gasteiger partial charge in [0.05, 0.1) is 12.2 Å². The van der Waals surface area contributed by atoms with Crippen LogP contribution in [0.2, 0.25) is 0 Å². The fourth-order valence-corrected chi connectivity index (χ4v) is 2.42. The lowest BCUT2D eigenvalue weighted by atomic mass is 10.1. The Morgan fingerprint density at radius 1 is 1.14 bits per heavy atom. The third-order valence-electron chi connectivity index (χ3n) is 2.33. The number of ether oxygens (including phenoxy) is 2. The average Bonchev–Trinajstić information content (AvgIpc) is 2.19. The monoisotopic (exact) mass is 335 g/mol. The fourth-order valence-electron chi connectivity index (χ4n) is 1.72. The van der Waals surface area contributed by atoms with Crippen molar-refractivity contribution in [2.24, 2.45) is 0 Å². The Morgan fingerprint density at radius 3 is 2.00 bits per heavy atom. The summed E-state index contributed by atoms with van der Waals surface area (Å²) in [5.41, 5.74) is -0.674. The molecule has 0 saturated carbocycles. The van der Waals surface area contributed by atoms with Gasteiger partial charge in [-0.1, -0.05) is 0 Å². The second-order valence-electron chi connectivity index (χ2n) is 6.84. The van der Waals surface area contributed by atoms with Crippen molar-refractivity contribution in [2.75, 3.05) is 12.5 Å². The highest BCUT2D eigenvalue weighted by Gasteiger charge is 2.29. The van der Waals surface area contributed by atoms with E-state index >= 15 is 0 Å². The molecular weight excluding hydrogens is 306 g/mol. The Morgan fingerprint density at radius 2 is 1.64 bits per heavy atom. The summed E-state index contributed by atoms with van der Waals surface area (Å²) in [6.45, 7) is 10.5. The van der Waals surface area contributed by atoms with Crippen LogP contribution in [0.4, 0.5) is 4.79 Å². The number of hydrogen-bond acceptors (Lipinski definition) is 5. The van der Waals surface area contributed by atoms with E-state index in [0.717, 1.165) is 5.37 Å². The van der Waals surface area contributed by atoms with Gasteiger partial charge in [0.15, 0.2) is 5.78 Å². The molecule has 0 aliphatic rings. The molecule has 1 amide bonds. The summed E-state index contributed by atoms with van der Waals surface area (Å²) < 4.78 is 22.5. The molecule has 0 fully saturated rings. The lowest BCUT2D eigenvalue weighted by Gasteiger charge is -2.27. The first-order valence-electron chi connectivity index (χ1n) is 7.19. The van der Waals surface area contributed by atoms with Crippen LogP contribution in [0.3, 0.4) is 0 Å². The number of amides is 1. The maximum atomic E-state index is 12.3. The van der Waals surface area contributed by atoms with E-state index in [1.807, 2.05) is 13.8 Å². The topological polar surface area (TPSA) is 81.7 Å². The summed E-state index contributed by atoms with van der Waals surface area (Å²) in [5.74, 6) is -0.450. The Labute approximate surface area is 133 Å². The van der Waals surface area contributed by atoms with E-state index in [4.69, 9.17) is 9.47 Å². The van der Waals surface area contributed by atoms with Crippen LogP contribution in [0.5, 0.6) is 0 Å². The number of Topliss-reactive ketones (excluding diaryl/α,β-unsaturated/α-hetero) is 1. The summed E-state index contributed by atoms with van der Waals surface area (Å²) in [4.78, 5) is 24.2. The second-order valence-corrected chi connectivity index (χ2v) is 9.70. The minimum atomic E-state index is -2.37. The zero-order chi connectivity index (χ0) is 17.7. The van der Waals surface area contributed by atoms with Crippen molar-refractivity contribution in [2.45, 2.75) is 65.4 Å². The van der Waals surface area contributed by atoms with Crippen LogP contribution in [0.25, 0.3) is 0 Å². The zero-order valence-corrected chi connectivity index (χ0v) is 15.6. The molecule has 0 aliphatic carbocycles. The van der Waals surface area contributed by atoms with Gasteiger partial charge in [-0.3, -0.25) is 9.00 Å². The molecule has 0 bridgehead atoms. The van der Waals surface area contributed by atoms with E-state index in [1.54, 1.807) is 27.7 Å². The predicted molar refractivity (Wildman–Crippen MR) is 89.9 cm³/mol. The Hall–Kier alpha value is -1.08. The van der Waals surface area contributed by atoms with E-state index in [9.17, 15) is 13.8 Å². The van der Waals surface area contributed by atoms with Gasteiger partial charge in [0.1, 0.15) is 11.6 Å². The van der Waals surface area contributed by atoms with Gasteiger partial charge in [-0.15, -0.1) is 0 Å². The Balaban J connectivity index is 5.23. The normalized spacial score (nSPS) is 15.1. The number of carbonyl (C=O) groups excluding carboxylic acids is 2. The van der Waals surface area contributed by atoms with Gasteiger partial charge in [-0.2, -0.15) is 0 Å². The van der Waals surface area contributed by atoms with Crippen molar-refractivity contribution in [3.63, 3.8) is 0 Å². The van der Waals surface area contributed by atoms with E-state index in [2.05, 4.69) is 5.32 Å². The molecule has 6 nitrogen and oxygen atoms in total. The summed E-state index contributed by atoms with van der Waals surface area (Å²) in [6, 6.07) is -0.946. The van der Waals surface area contributed by atoms with Crippen LogP contribution in [-0.2, 0) is 23.8 Å². The molecule has 0 aromatic rings. The molecule has 130 valence electrons. The van der Waals surface area contributed by atoms with Gasteiger partial charge < -0.3 is 14.8 Å². The third-order valence-corrected chi connectivity index (χ3v) is 3.13. The SMILES string of the molecule is CC(C)O[C@H](C)[C@H](NC(=O)OC(C)(C)C)C(=O)C=S(C)(C)=O. The average molecular weight is 335 g/mol. The maximum Gasteiger partial charge on any atom is 0.408 e. The van der Waals surface area contributed by atoms with Crippen molar-refractivity contribution < 1.29 is 23.3 Å². The minimum absolute atomic E-state index is 0.113. The number of carbonyl (C=O) groups is 2. The fraction of sp³-hybridized carbons (Fsp3) is 0.800. The lowest BCUT2D eigenvalue weighted by molar-refractivity contribution is -0.118. The molecule has 22 heavy (non-hydrogen) atoms. The van der Waals surface area contributed by atoms with E-state index in [-0.39, 0.29) is 6.10 Å². The summed E-state index contributed by atoms with van der Waals surface area (Å²) in [6.07, 6.45) is 1.53. The minimum Gasteiger partial charge on any atom is -0.444 e. The van der Waals surface area contributed by atoms with Gasteiger partial charge in [-0.05, 0) is 51.1 Å². The summed E-state index contributed by atoms with van der Waals surface area (Å²) in [7, 11) is -2.37. The predicted octanol–water partition coefficient (Wildman–Crippen LogP) is 1.61. The standard InChI is InChI=1S/C15H29NO5S/c1-10(2)20-11(3)13(12(17)9-22(7,8)19)16-14(18)21-15(4,5)6/h9-11,13H,1-8H3,(H,16,18)/t11-,13+/m1/s1. The first kappa shape index (κ1) is 20.9. The van der Waals surface area contributed by atoms with Crippen LogP contribution >= 0.6 is 0 Å². The highest BCUT2D eigenvalue weighted by molar-refractivity contribution is 8.01. The molecule has 7 heteroatoms. The van der Waals surface area contributed by atoms with Crippen molar-refractivity contribution in [1.29, 1.82) is 0 Å². The molecule has 1 N–H and O–H groups in total. The molecule has 0 heterocycles. The van der Waals surface area contributed by atoms with Gasteiger partial charge in [0.25, 0.3) is 0 Å². The molecule has 0 rings (SSSR count). The van der Waals surface area contributed by atoms with Crippen LogP contribution in [0, 0.1) is 0 Å². The molecule has 2 atom stereocenters. The van der Waals surface area contributed by atoms with E-state index in [1.165, 1.54) is 12.5 Å². The van der Waals surface area contributed by atoms with Gasteiger partial charge in [0.2, 0.25) is 0 Å². The smallest absolute Gasteiger partial charge is 0.408 e. The van der Waals surface area contributed by atoms with Crippen molar-refractivity contribution >= 4 is 26.8 Å². The largest absolute Gasteiger partial charge is 0.444 e. The van der Waals surface area contributed by atoms with Gasteiger partial charge >= 0.3 is 6.09 Å². The summed E-state index contributed by atoms with van der Waals surface area (Å²) in [5, 5.41) is 3.64. The van der Waals surface area contributed by atoms with Gasteiger partial charge in [-0.25, -0.2) is 4.79 Å². The Kier molecular flexibility index (Phi) is 7.57. The molecule has 0 aromatic carbocycles. The van der Waals surface area contributed by atoms with Crippen molar-refractivity contribution in [1.82, 2.24) is 5.32 Å². The Bertz CT molecular complexity index is 505. The molecule has 0 radical (unpaired) electrons. The van der Waals surface area contributed by atoms with E-state index in [0.29, 0.717) is 0 Å². The molecule has 0 unspecified atom stereocenters. The quantitative estimate of drug-likeness (QED) is 0.746. The van der Waals surface area contributed by atoms with Crippen molar-refractivity contribution in [3.8, 4) is 0 Å². The highest BCUT2D eigenvalue weighted by atomic mass is 32.2. The van der Waals surface area contributed by atoms with Crippen LogP contribution in [0.1, 0.15) is 41.5 Å². The van der Waals surface area contributed by atoms with Crippen molar-refractivity contribution in [3.05, 3.63) is 0 Å². The first-order valence-corrected chi connectivity index (χ1v) is 9.63. The van der Waals surface area contributed by atoms with Crippen LogP contribution < -0.4 is 5.32 Å². The second kappa shape index (κ2) is 7.97. The number of hydrogen-bond donors (Lipinski definition) is 1. The molecular formula is C15H29NO5S. The molecule has 0 aromatic heterocycles.